The van der Waals surface area contributed by atoms with Gasteiger partial charge in [-0.3, -0.25) is 4.90 Å². The highest BCUT2D eigenvalue weighted by Crippen LogP contribution is 2.39. The second-order valence-electron chi connectivity index (χ2n) is 5.14. The lowest BCUT2D eigenvalue weighted by molar-refractivity contribution is -0.136. The molecule has 21 heavy (non-hydrogen) atoms. The maximum Gasteiger partial charge on any atom is 0.338 e. The third-order valence-electron chi connectivity index (χ3n) is 3.72. The van der Waals surface area contributed by atoms with Gasteiger partial charge >= 0.3 is 12.0 Å². The first-order valence-electron chi connectivity index (χ1n) is 6.65. The van der Waals surface area contributed by atoms with Crippen LogP contribution in [0, 0.1) is 0 Å². The van der Waals surface area contributed by atoms with Crippen molar-refractivity contribution in [3.63, 3.8) is 0 Å². The molecule has 2 amide bonds. The van der Waals surface area contributed by atoms with Crippen LogP contribution in [0.4, 0.5) is 4.79 Å². The number of thiophene rings is 1. The summed E-state index contributed by atoms with van der Waals surface area (Å²) < 4.78 is 5.85. The van der Waals surface area contributed by atoms with Gasteiger partial charge in [0.25, 0.3) is 0 Å². The van der Waals surface area contributed by atoms with Crippen molar-refractivity contribution in [3.8, 4) is 0 Å². The first-order chi connectivity index (χ1) is 10.0. The maximum absolute atomic E-state index is 12.4. The highest BCUT2D eigenvalue weighted by atomic mass is 79.9. The molecule has 1 aromatic heterocycles. The Kier molecular flexibility index (Phi) is 3.79. The minimum absolute atomic E-state index is 0.142. The Bertz CT molecular complexity index is 636. The number of allylic oxidation sites excluding steroid dienone is 1. The molecule has 5 nitrogen and oxygen atoms in total. The fraction of sp³-hybridized carbons (Fsp3) is 0.429. The first-order valence-corrected chi connectivity index (χ1v) is 8.33. The summed E-state index contributed by atoms with van der Waals surface area (Å²) in [5, 5.41) is 4.86. The van der Waals surface area contributed by atoms with Crippen molar-refractivity contribution in [1.82, 2.24) is 10.2 Å². The van der Waals surface area contributed by atoms with Crippen LogP contribution < -0.4 is 5.32 Å². The Morgan fingerprint density at radius 3 is 2.76 bits per heavy atom. The molecule has 1 atom stereocenters. The Morgan fingerprint density at radius 2 is 2.24 bits per heavy atom. The molecule has 0 bridgehead atoms. The van der Waals surface area contributed by atoms with Gasteiger partial charge in [0.15, 0.2) is 0 Å². The molecule has 0 aromatic carbocycles. The number of carbonyl (C=O) groups is 2. The summed E-state index contributed by atoms with van der Waals surface area (Å²) in [5.74, 6) is -0.396. The van der Waals surface area contributed by atoms with E-state index >= 15 is 0 Å². The number of hydrogen-bond donors (Lipinski definition) is 1. The topological polar surface area (TPSA) is 58.6 Å². The molecule has 1 saturated carbocycles. The molecule has 112 valence electrons. The van der Waals surface area contributed by atoms with Gasteiger partial charge < -0.3 is 10.1 Å². The molecule has 7 heteroatoms. The van der Waals surface area contributed by atoms with E-state index < -0.39 is 12.0 Å². The predicted molar refractivity (Wildman–Crippen MR) is 82.9 cm³/mol. The van der Waals surface area contributed by atoms with Crippen molar-refractivity contribution in [2.24, 2.45) is 0 Å². The number of ether oxygens (including phenoxy) is 1. The zero-order valence-electron chi connectivity index (χ0n) is 11.7. The lowest BCUT2D eigenvalue weighted by Gasteiger charge is -2.34. The lowest BCUT2D eigenvalue weighted by atomic mass is 10.0. The third-order valence-corrected chi connectivity index (χ3v) is 5.47. The number of hydrogen-bond acceptors (Lipinski definition) is 4. The van der Waals surface area contributed by atoms with E-state index in [0.29, 0.717) is 11.3 Å². The smallest absolute Gasteiger partial charge is 0.338 e. The molecule has 0 spiro atoms. The van der Waals surface area contributed by atoms with Gasteiger partial charge in [-0.1, -0.05) is 0 Å². The van der Waals surface area contributed by atoms with Gasteiger partial charge in [-0.25, -0.2) is 9.59 Å². The van der Waals surface area contributed by atoms with Gasteiger partial charge in [0.1, 0.15) is 0 Å². The molecule has 1 unspecified atom stereocenters. The number of urea groups is 1. The summed E-state index contributed by atoms with van der Waals surface area (Å²) in [6.45, 7) is 1.82. The zero-order valence-corrected chi connectivity index (χ0v) is 14.1. The molecule has 0 saturated heterocycles. The summed E-state index contributed by atoms with van der Waals surface area (Å²) in [4.78, 5) is 27.1. The number of halogens is 1. The van der Waals surface area contributed by atoms with Crippen LogP contribution in [-0.2, 0) is 9.53 Å². The summed E-state index contributed by atoms with van der Waals surface area (Å²) in [7, 11) is 1.36. The monoisotopic (exact) mass is 370 g/mol. The quantitative estimate of drug-likeness (QED) is 0.831. The summed E-state index contributed by atoms with van der Waals surface area (Å²) in [5.41, 5.74) is 1.21. The summed E-state index contributed by atoms with van der Waals surface area (Å²) in [6.07, 6.45) is 1.96. The number of esters is 1. The van der Waals surface area contributed by atoms with Gasteiger partial charge in [0.2, 0.25) is 0 Å². The molecule has 1 aromatic rings. The molecule has 2 heterocycles. The maximum atomic E-state index is 12.4. The molecule has 0 radical (unpaired) electrons. The van der Waals surface area contributed by atoms with E-state index in [1.807, 2.05) is 18.4 Å². The molecular weight excluding hydrogens is 356 g/mol. The van der Waals surface area contributed by atoms with Crippen molar-refractivity contribution >= 4 is 39.3 Å². The minimum atomic E-state index is -0.448. The van der Waals surface area contributed by atoms with E-state index in [0.717, 1.165) is 22.2 Å². The predicted octanol–water partition coefficient (Wildman–Crippen LogP) is 3.19. The van der Waals surface area contributed by atoms with Crippen LogP contribution in [0.1, 0.15) is 30.7 Å². The van der Waals surface area contributed by atoms with E-state index in [1.54, 1.807) is 4.90 Å². The number of carbonyl (C=O) groups excluding carboxylic acids is 2. The first kappa shape index (κ1) is 14.6. The molecule has 1 aliphatic carbocycles. The number of methoxy groups -OCH3 is 1. The minimum Gasteiger partial charge on any atom is -0.466 e. The van der Waals surface area contributed by atoms with Crippen LogP contribution in [0.2, 0.25) is 0 Å². The van der Waals surface area contributed by atoms with Crippen LogP contribution in [0.25, 0.3) is 0 Å². The fourth-order valence-electron chi connectivity index (χ4n) is 2.60. The van der Waals surface area contributed by atoms with Crippen molar-refractivity contribution in [2.45, 2.75) is 31.8 Å². The summed E-state index contributed by atoms with van der Waals surface area (Å²) in [6, 6.07) is 1.53. The molecule has 1 N–H and O–H groups in total. The highest BCUT2D eigenvalue weighted by Gasteiger charge is 2.42. The Morgan fingerprint density at radius 1 is 1.52 bits per heavy atom. The van der Waals surface area contributed by atoms with Gasteiger partial charge in [-0.15, -0.1) is 11.3 Å². The Balaban J connectivity index is 2.06. The molecule has 3 rings (SSSR count). The molecule has 1 fully saturated rings. The van der Waals surface area contributed by atoms with E-state index in [9.17, 15) is 9.59 Å². The van der Waals surface area contributed by atoms with Crippen molar-refractivity contribution in [1.29, 1.82) is 0 Å². The van der Waals surface area contributed by atoms with Gasteiger partial charge in [0.05, 0.1) is 18.7 Å². The standard InChI is InChI=1S/C14H15BrN2O3S/c1-7-11(13(18)20-2)12(10-5-8(15)6-21-10)16-14(19)17(7)9-3-4-9/h5-6,9,12H,3-4H2,1-2H3,(H,16,19). The lowest BCUT2D eigenvalue weighted by Crippen LogP contribution is -2.48. The van der Waals surface area contributed by atoms with Crippen LogP contribution >= 0.6 is 27.3 Å². The largest absolute Gasteiger partial charge is 0.466 e. The second kappa shape index (κ2) is 5.46. The van der Waals surface area contributed by atoms with Gasteiger partial charge in [0, 0.05) is 26.5 Å². The third kappa shape index (κ3) is 2.60. The molecule has 2 aliphatic rings. The highest BCUT2D eigenvalue weighted by molar-refractivity contribution is 9.10. The van der Waals surface area contributed by atoms with Crippen molar-refractivity contribution < 1.29 is 14.3 Å². The SMILES string of the molecule is COC(=O)C1=C(C)N(C2CC2)C(=O)NC1c1cc(Br)cs1. The summed E-state index contributed by atoms with van der Waals surface area (Å²) >= 11 is 4.90. The van der Waals surface area contributed by atoms with Crippen LogP contribution in [0.15, 0.2) is 27.2 Å². The normalized spacial score (nSPS) is 22.3. The van der Waals surface area contributed by atoms with Crippen LogP contribution in [0.5, 0.6) is 0 Å². The van der Waals surface area contributed by atoms with Gasteiger partial charge in [-0.05, 0) is 41.8 Å². The second-order valence-corrected chi connectivity index (χ2v) is 7.00. The van der Waals surface area contributed by atoms with Crippen LogP contribution in [-0.4, -0.2) is 30.1 Å². The fourth-order valence-corrected chi connectivity index (χ4v) is 4.10. The van der Waals surface area contributed by atoms with E-state index in [2.05, 4.69) is 21.2 Å². The van der Waals surface area contributed by atoms with E-state index in [-0.39, 0.29) is 12.1 Å². The Labute approximate surface area is 135 Å². The van der Waals surface area contributed by atoms with Gasteiger partial charge in [-0.2, -0.15) is 0 Å². The molecular formula is C14H15BrN2O3S. The van der Waals surface area contributed by atoms with E-state index in [4.69, 9.17) is 4.74 Å². The van der Waals surface area contributed by atoms with Crippen molar-refractivity contribution in [2.75, 3.05) is 7.11 Å². The molecule has 1 aliphatic heterocycles. The zero-order chi connectivity index (χ0) is 15.1. The average molecular weight is 371 g/mol. The van der Waals surface area contributed by atoms with E-state index in [1.165, 1.54) is 18.4 Å². The number of rotatable bonds is 3. The number of amides is 2. The Hall–Kier alpha value is -1.34. The average Bonchev–Trinajstić information content (AvgIpc) is 3.18. The van der Waals surface area contributed by atoms with Crippen molar-refractivity contribution in [3.05, 3.63) is 32.1 Å². The number of nitrogens with one attached hydrogen (secondary N) is 1. The van der Waals surface area contributed by atoms with Crippen LogP contribution in [0.3, 0.4) is 0 Å². The number of nitrogens with zero attached hydrogens (tertiary/aromatic N) is 1.